The van der Waals surface area contributed by atoms with Crippen molar-refractivity contribution in [2.45, 2.75) is 0 Å². The number of piperazine rings is 1. The lowest BCUT2D eigenvalue weighted by Gasteiger charge is -2.29. The van der Waals surface area contributed by atoms with E-state index in [4.69, 9.17) is 16.0 Å². The van der Waals surface area contributed by atoms with Gasteiger partial charge in [-0.1, -0.05) is 17.7 Å². The highest BCUT2D eigenvalue weighted by Gasteiger charge is 2.24. The molecule has 2 aromatic rings. The van der Waals surface area contributed by atoms with Gasteiger partial charge in [0.2, 0.25) is 17.5 Å². The third-order valence-corrected chi connectivity index (χ3v) is 3.93. The second-order valence-electron chi connectivity index (χ2n) is 5.24. The summed E-state index contributed by atoms with van der Waals surface area (Å²) in [4.78, 5) is 7.87. The molecule has 0 aliphatic carbocycles. The molecule has 3 rings (SSSR count). The largest absolute Gasteiger partial charge is 0.419 e. The number of anilines is 1. The minimum absolute atomic E-state index is 0.338. The molecule has 0 amide bonds. The lowest BCUT2D eigenvalue weighted by Crippen LogP contribution is -3.12. The standard InChI is InChI=1S/C15H15ClN4O/c1-19-5-7-20(8-6-19)15-13(10-17)18-14(21-15)11-3-2-4-12(16)9-11/h2-4,9H,5-8H2,1H3/p+1. The van der Waals surface area contributed by atoms with E-state index < -0.39 is 0 Å². The van der Waals surface area contributed by atoms with Crippen molar-refractivity contribution < 1.29 is 9.32 Å². The van der Waals surface area contributed by atoms with E-state index in [1.165, 1.54) is 4.90 Å². The first-order chi connectivity index (χ1) is 10.2. The Balaban J connectivity index is 1.94. The number of hydrogen-bond acceptors (Lipinski definition) is 4. The predicted octanol–water partition coefficient (Wildman–Crippen LogP) is 1.20. The molecule has 1 N–H and O–H groups in total. The summed E-state index contributed by atoms with van der Waals surface area (Å²) in [6.07, 6.45) is 0. The van der Waals surface area contributed by atoms with Crippen molar-refractivity contribution in [1.29, 1.82) is 5.26 Å². The predicted molar refractivity (Wildman–Crippen MR) is 80.5 cm³/mol. The van der Waals surface area contributed by atoms with Gasteiger partial charge in [-0.05, 0) is 18.2 Å². The van der Waals surface area contributed by atoms with Crippen LogP contribution in [0.2, 0.25) is 5.02 Å². The highest BCUT2D eigenvalue weighted by Crippen LogP contribution is 2.29. The van der Waals surface area contributed by atoms with Crippen LogP contribution in [0.25, 0.3) is 11.5 Å². The summed E-state index contributed by atoms with van der Waals surface area (Å²) < 4.78 is 5.85. The van der Waals surface area contributed by atoms with Gasteiger partial charge in [-0.25, -0.2) is 0 Å². The number of hydrogen-bond donors (Lipinski definition) is 1. The van der Waals surface area contributed by atoms with Crippen molar-refractivity contribution in [2.24, 2.45) is 0 Å². The van der Waals surface area contributed by atoms with E-state index in [0.29, 0.717) is 22.5 Å². The molecule has 1 aliphatic rings. The highest BCUT2D eigenvalue weighted by molar-refractivity contribution is 6.30. The molecule has 0 radical (unpaired) electrons. The highest BCUT2D eigenvalue weighted by atomic mass is 35.5. The van der Waals surface area contributed by atoms with Crippen LogP contribution in [0.15, 0.2) is 28.7 Å². The maximum absolute atomic E-state index is 9.29. The number of oxazole rings is 1. The fourth-order valence-corrected chi connectivity index (χ4v) is 2.63. The minimum atomic E-state index is 0.338. The number of aromatic nitrogens is 1. The number of nitrogens with zero attached hydrogens (tertiary/aromatic N) is 3. The first-order valence-electron chi connectivity index (χ1n) is 6.90. The molecule has 2 heterocycles. The Hall–Kier alpha value is -2.03. The van der Waals surface area contributed by atoms with Gasteiger partial charge in [-0.15, -0.1) is 0 Å². The Kier molecular flexibility index (Phi) is 3.82. The number of benzene rings is 1. The number of rotatable bonds is 2. The lowest BCUT2D eigenvalue weighted by atomic mass is 10.2. The molecule has 21 heavy (non-hydrogen) atoms. The zero-order chi connectivity index (χ0) is 14.8. The average molecular weight is 304 g/mol. The topological polar surface area (TPSA) is 57.5 Å². The monoisotopic (exact) mass is 303 g/mol. The van der Waals surface area contributed by atoms with E-state index in [0.717, 1.165) is 31.7 Å². The molecule has 0 atom stereocenters. The molecule has 0 unspecified atom stereocenters. The third-order valence-electron chi connectivity index (χ3n) is 3.69. The van der Waals surface area contributed by atoms with Gasteiger partial charge in [0.1, 0.15) is 6.07 Å². The van der Waals surface area contributed by atoms with E-state index in [2.05, 4.69) is 23.0 Å². The molecular weight excluding hydrogens is 288 g/mol. The third kappa shape index (κ3) is 2.87. The first kappa shape index (κ1) is 13.9. The number of likely N-dealkylation sites (N-methyl/N-ethyl adjacent to an activating group) is 1. The van der Waals surface area contributed by atoms with E-state index in [9.17, 15) is 5.26 Å². The molecule has 1 saturated heterocycles. The molecular formula is C15H16ClN4O+. The zero-order valence-corrected chi connectivity index (χ0v) is 12.5. The van der Waals surface area contributed by atoms with E-state index in [-0.39, 0.29) is 0 Å². The molecule has 6 heteroatoms. The van der Waals surface area contributed by atoms with Crippen molar-refractivity contribution >= 4 is 17.5 Å². The molecule has 0 bridgehead atoms. The summed E-state index contributed by atoms with van der Waals surface area (Å²) >= 11 is 5.99. The van der Waals surface area contributed by atoms with Crippen molar-refractivity contribution in [1.82, 2.24) is 4.98 Å². The Morgan fingerprint density at radius 2 is 2.14 bits per heavy atom. The van der Waals surface area contributed by atoms with Crippen LogP contribution < -0.4 is 9.80 Å². The van der Waals surface area contributed by atoms with Gasteiger partial charge < -0.3 is 14.2 Å². The van der Waals surface area contributed by atoms with Gasteiger partial charge in [0.05, 0.1) is 33.2 Å². The van der Waals surface area contributed by atoms with Crippen molar-refractivity contribution in [3.8, 4) is 17.5 Å². The van der Waals surface area contributed by atoms with Crippen molar-refractivity contribution in [3.05, 3.63) is 35.0 Å². The van der Waals surface area contributed by atoms with Crippen LogP contribution in [-0.4, -0.2) is 38.2 Å². The number of nitrogens with one attached hydrogen (secondary N) is 1. The molecule has 1 aromatic heterocycles. The van der Waals surface area contributed by atoms with Crippen LogP contribution in [0, 0.1) is 11.3 Å². The summed E-state index contributed by atoms with van der Waals surface area (Å²) in [6, 6.07) is 9.41. The van der Waals surface area contributed by atoms with Crippen LogP contribution in [-0.2, 0) is 0 Å². The van der Waals surface area contributed by atoms with Crippen molar-refractivity contribution in [3.63, 3.8) is 0 Å². The van der Waals surface area contributed by atoms with Gasteiger partial charge >= 0.3 is 0 Å². The SMILES string of the molecule is C[NH+]1CCN(c2oc(-c3cccc(Cl)c3)nc2C#N)CC1. The Labute approximate surface area is 128 Å². The maximum atomic E-state index is 9.29. The number of halogens is 1. The molecule has 1 fully saturated rings. The lowest BCUT2D eigenvalue weighted by molar-refractivity contribution is -0.880. The molecule has 1 aliphatic heterocycles. The van der Waals surface area contributed by atoms with Gasteiger partial charge in [-0.3, -0.25) is 0 Å². The summed E-state index contributed by atoms with van der Waals surface area (Å²) in [5.74, 6) is 1.01. The van der Waals surface area contributed by atoms with Crippen LogP contribution in [0.1, 0.15) is 5.69 Å². The molecule has 108 valence electrons. The van der Waals surface area contributed by atoms with Gasteiger partial charge in [0.25, 0.3) is 0 Å². The van der Waals surface area contributed by atoms with Crippen LogP contribution >= 0.6 is 11.6 Å². The molecule has 1 aromatic carbocycles. The second kappa shape index (κ2) is 5.76. The normalized spacial score (nSPS) is 16.0. The van der Waals surface area contributed by atoms with Crippen molar-refractivity contribution in [2.75, 3.05) is 38.1 Å². The number of quaternary nitrogens is 1. The number of nitriles is 1. The van der Waals surface area contributed by atoms with Crippen LogP contribution in [0.5, 0.6) is 0 Å². The van der Waals surface area contributed by atoms with Gasteiger partial charge in [0.15, 0.2) is 0 Å². The molecule has 0 saturated carbocycles. The van der Waals surface area contributed by atoms with Crippen LogP contribution in [0.3, 0.4) is 0 Å². The fourth-order valence-electron chi connectivity index (χ4n) is 2.44. The summed E-state index contributed by atoms with van der Waals surface area (Å²) in [6.45, 7) is 3.78. The van der Waals surface area contributed by atoms with E-state index in [1.54, 1.807) is 12.1 Å². The average Bonchev–Trinajstić information content (AvgIpc) is 2.92. The fraction of sp³-hybridized carbons (Fsp3) is 0.333. The first-order valence-corrected chi connectivity index (χ1v) is 7.28. The van der Waals surface area contributed by atoms with Crippen LogP contribution in [0.4, 0.5) is 5.88 Å². The smallest absolute Gasteiger partial charge is 0.235 e. The maximum Gasteiger partial charge on any atom is 0.235 e. The molecule has 5 nitrogen and oxygen atoms in total. The Morgan fingerprint density at radius 3 is 2.81 bits per heavy atom. The van der Waals surface area contributed by atoms with Gasteiger partial charge in [0, 0.05) is 10.6 Å². The Bertz CT molecular complexity index is 683. The summed E-state index contributed by atoms with van der Waals surface area (Å²) in [7, 11) is 2.17. The minimum Gasteiger partial charge on any atom is -0.419 e. The van der Waals surface area contributed by atoms with E-state index in [1.807, 2.05) is 12.1 Å². The summed E-state index contributed by atoms with van der Waals surface area (Å²) in [5.41, 5.74) is 1.12. The molecule has 0 spiro atoms. The second-order valence-corrected chi connectivity index (χ2v) is 5.68. The van der Waals surface area contributed by atoms with E-state index >= 15 is 0 Å². The zero-order valence-electron chi connectivity index (χ0n) is 11.8. The Morgan fingerprint density at radius 1 is 1.38 bits per heavy atom. The summed E-state index contributed by atoms with van der Waals surface area (Å²) in [5, 5.41) is 9.90. The quantitative estimate of drug-likeness (QED) is 0.906. The van der Waals surface area contributed by atoms with Gasteiger partial charge in [-0.2, -0.15) is 10.2 Å².